The van der Waals surface area contributed by atoms with Gasteiger partial charge in [0.25, 0.3) is 5.69 Å². The highest BCUT2D eigenvalue weighted by Gasteiger charge is 2.17. The van der Waals surface area contributed by atoms with Crippen molar-refractivity contribution < 1.29 is 19.2 Å². The third-order valence-corrected chi connectivity index (χ3v) is 4.32. The van der Waals surface area contributed by atoms with E-state index in [2.05, 4.69) is 10.2 Å². The fourth-order valence-corrected chi connectivity index (χ4v) is 3.06. The van der Waals surface area contributed by atoms with Crippen LogP contribution in [0.4, 0.5) is 11.4 Å². The Morgan fingerprint density at radius 1 is 1.29 bits per heavy atom. The quantitative estimate of drug-likeness (QED) is 0.281. The molecule has 1 aromatic rings. The van der Waals surface area contributed by atoms with Crippen LogP contribution in [0.1, 0.15) is 46.5 Å². The van der Waals surface area contributed by atoms with E-state index in [1.54, 1.807) is 12.1 Å². The molecule has 8 nitrogen and oxygen atoms in total. The van der Waals surface area contributed by atoms with Crippen molar-refractivity contribution in [3.05, 3.63) is 28.3 Å². The van der Waals surface area contributed by atoms with Gasteiger partial charge < -0.3 is 19.7 Å². The van der Waals surface area contributed by atoms with E-state index >= 15 is 0 Å². The van der Waals surface area contributed by atoms with Crippen LogP contribution < -0.4 is 10.1 Å². The number of rotatable bonds is 10. The summed E-state index contributed by atoms with van der Waals surface area (Å²) < 4.78 is 10.8. The molecule has 8 heteroatoms. The van der Waals surface area contributed by atoms with Crippen molar-refractivity contribution >= 4 is 17.3 Å². The lowest BCUT2D eigenvalue weighted by molar-refractivity contribution is -0.384. The molecule has 0 aliphatic carbocycles. The zero-order valence-corrected chi connectivity index (χ0v) is 17.0. The van der Waals surface area contributed by atoms with Gasteiger partial charge in [-0.15, -0.1) is 0 Å². The van der Waals surface area contributed by atoms with Crippen LogP contribution >= 0.6 is 0 Å². The molecular weight excluding hydrogens is 362 g/mol. The summed E-state index contributed by atoms with van der Waals surface area (Å²) in [5.41, 5.74) is -0.0211. The lowest BCUT2D eigenvalue weighted by atomic mass is 10.2. The maximum absolute atomic E-state index is 11.7. The highest BCUT2D eigenvalue weighted by atomic mass is 16.6. The number of hydrogen-bond acceptors (Lipinski definition) is 7. The monoisotopic (exact) mass is 393 g/mol. The van der Waals surface area contributed by atoms with Crippen molar-refractivity contribution in [1.29, 1.82) is 0 Å². The van der Waals surface area contributed by atoms with Crippen LogP contribution in [0.2, 0.25) is 0 Å². The van der Waals surface area contributed by atoms with Crippen molar-refractivity contribution in [3.8, 4) is 5.75 Å². The predicted octanol–water partition coefficient (Wildman–Crippen LogP) is 3.60. The summed E-state index contributed by atoms with van der Waals surface area (Å²) in [7, 11) is 0. The first-order valence-corrected chi connectivity index (χ1v) is 9.84. The minimum atomic E-state index is -0.504. The van der Waals surface area contributed by atoms with Gasteiger partial charge in [0.05, 0.1) is 17.6 Å². The number of nitrogens with one attached hydrogen (secondary N) is 1. The third kappa shape index (κ3) is 7.72. The Labute approximate surface area is 166 Å². The lowest BCUT2D eigenvalue weighted by Gasteiger charge is -2.19. The van der Waals surface area contributed by atoms with Gasteiger partial charge in [-0.25, -0.2) is 0 Å². The molecule has 1 aromatic carbocycles. The second kappa shape index (κ2) is 10.3. The molecule has 0 bridgehead atoms. The van der Waals surface area contributed by atoms with Crippen LogP contribution in [-0.2, 0) is 9.53 Å². The molecule has 0 aromatic heterocycles. The number of nitro benzene ring substituents is 1. The molecular formula is C20H31N3O5. The summed E-state index contributed by atoms with van der Waals surface area (Å²) in [6.07, 6.45) is 3.17. The van der Waals surface area contributed by atoms with Crippen molar-refractivity contribution in [1.82, 2.24) is 4.90 Å². The number of nitro groups is 1. The highest BCUT2D eigenvalue weighted by molar-refractivity contribution is 5.69. The van der Waals surface area contributed by atoms with Gasteiger partial charge in [0.2, 0.25) is 0 Å². The minimum absolute atomic E-state index is 0.00827. The predicted molar refractivity (Wildman–Crippen MR) is 108 cm³/mol. The zero-order chi connectivity index (χ0) is 20.6. The van der Waals surface area contributed by atoms with E-state index in [9.17, 15) is 14.9 Å². The fourth-order valence-electron chi connectivity index (χ4n) is 3.06. The number of carbonyl (C=O) groups excluding carboxylic acids is 1. The number of nitrogens with zero attached hydrogens (tertiary/aromatic N) is 2. The molecule has 1 N–H and O–H groups in total. The molecule has 0 unspecified atom stereocenters. The number of likely N-dealkylation sites (tertiary alicyclic amines) is 1. The molecule has 1 saturated heterocycles. The average molecular weight is 393 g/mol. The molecule has 1 aliphatic heterocycles. The number of carbonyl (C=O) groups is 1. The Hall–Kier alpha value is -2.35. The van der Waals surface area contributed by atoms with Gasteiger partial charge in [-0.2, -0.15) is 0 Å². The normalized spacial score (nSPS) is 14.7. The van der Waals surface area contributed by atoms with E-state index in [0.717, 1.165) is 19.6 Å². The highest BCUT2D eigenvalue weighted by Crippen LogP contribution is 2.29. The second-order valence-electron chi connectivity index (χ2n) is 7.95. The maximum Gasteiger partial charge on any atom is 0.306 e. The van der Waals surface area contributed by atoms with Gasteiger partial charge in [-0.1, -0.05) is 0 Å². The Morgan fingerprint density at radius 3 is 2.64 bits per heavy atom. The zero-order valence-electron chi connectivity index (χ0n) is 17.0. The maximum atomic E-state index is 11.7. The van der Waals surface area contributed by atoms with Gasteiger partial charge in [-0.3, -0.25) is 14.9 Å². The first kappa shape index (κ1) is 21.9. The van der Waals surface area contributed by atoms with Crippen LogP contribution in [0.25, 0.3) is 0 Å². The van der Waals surface area contributed by atoms with Gasteiger partial charge in [0, 0.05) is 19.5 Å². The number of anilines is 1. The number of esters is 1. The Kier molecular flexibility index (Phi) is 8.04. The van der Waals surface area contributed by atoms with Crippen LogP contribution in [0.15, 0.2) is 18.2 Å². The van der Waals surface area contributed by atoms with Crippen LogP contribution in [0.5, 0.6) is 5.75 Å². The molecule has 28 heavy (non-hydrogen) atoms. The van der Waals surface area contributed by atoms with E-state index in [-0.39, 0.29) is 24.7 Å². The molecule has 0 radical (unpaired) electrons. The Bertz CT molecular complexity index is 666. The molecule has 1 fully saturated rings. The number of benzene rings is 1. The van der Waals surface area contributed by atoms with Crippen molar-refractivity contribution in [2.75, 3.05) is 38.1 Å². The van der Waals surface area contributed by atoms with Gasteiger partial charge >= 0.3 is 5.97 Å². The van der Waals surface area contributed by atoms with Crippen molar-refractivity contribution in [2.45, 2.75) is 52.1 Å². The largest absolute Gasteiger partial charge is 0.493 e. The molecule has 1 heterocycles. The molecule has 0 spiro atoms. The molecule has 0 amide bonds. The third-order valence-electron chi connectivity index (χ3n) is 4.32. The van der Waals surface area contributed by atoms with Crippen LogP contribution in [-0.4, -0.2) is 54.2 Å². The molecule has 1 aliphatic rings. The van der Waals surface area contributed by atoms with Crippen LogP contribution in [0.3, 0.4) is 0 Å². The summed E-state index contributed by atoms with van der Waals surface area (Å²) in [6.45, 7) is 9.48. The second-order valence-corrected chi connectivity index (χ2v) is 7.95. The van der Waals surface area contributed by atoms with Gasteiger partial charge in [0.1, 0.15) is 17.0 Å². The van der Waals surface area contributed by atoms with Gasteiger partial charge in [-0.05, 0) is 65.3 Å². The van der Waals surface area contributed by atoms with E-state index in [1.165, 1.54) is 18.9 Å². The minimum Gasteiger partial charge on any atom is -0.493 e. The molecule has 0 atom stereocenters. The molecule has 0 saturated carbocycles. The van der Waals surface area contributed by atoms with Crippen molar-refractivity contribution in [2.24, 2.45) is 0 Å². The lowest BCUT2D eigenvalue weighted by Crippen LogP contribution is -2.26. The number of ether oxygens (including phenoxy) is 2. The fraction of sp³-hybridized carbons (Fsp3) is 0.650. The van der Waals surface area contributed by atoms with Crippen LogP contribution in [0, 0.1) is 10.1 Å². The van der Waals surface area contributed by atoms with Gasteiger partial charge in [0.15, 0.2) is 0 Å². The van der Waals surface area contributed by atoms with E-state index in [4.69, 9.17) is 9.47 Å². The Morgan fingerprint density at radius 2 is 2.00 bits per heavy atom. The molecule has 156 valence electrons. The SMILES string of the molecule is CC(C)(C)OC(=O)CCCOc1ccc(NCCN2CCCC2)c([N+](=O)[O-])c1. The molecule has 2 rings (SSSR count). The topological polar surface area (TPSA) is 93.9 Å². The van der Waals surface area contributed by atoms with E-state index in [1.807, 2.05) is 20.8 Å². The summed E-state index contributed by atoms with van der Waals surface area (Å²) >= 11 is 0. The summed E-state index contributed by atoms with van der Waals surface area (Å²) in [5.74, 6) is 0.139. The Balaban J connectivity index is 1.80. The first-order valence-electron chi connectivity index (χ1n) is 9.84. The van der Waals surface area contributed by atoms with E-state index in [0.29, 0.717) is 24.4 Å². The smallest absolute Gasteiger partial charge is 0.306 e. The summed E-state index contributed by atoms with van der Waals surface area (Å²) in [6, 6.07) is 4.80. The number of hydrogen-bond donors (Lipinski definition) is 1. The standard InChI is InChI=1S/C20H31N3O5/c1-20(2,3)28-19(24)7-6-14-27-16-8-9-17(18(15-16)23(25)26)21-10-13-22-11-4-5-12-22/h8-9,15,21H,4-7,10-14H2,1-3H3. The average Bonchev–Trinajstić information content (AvgIpc) is 3.11. The first-order chi connectivity index (χ1) is 13.2. The summed E-state index contributed by atoms with van der Waals surface area (Å²) in [5, 5.41) is 14.5. The summed E-state index contributed by atoms with van der Waals surface area (Å²) in [4.78, 5) is 25.0. The van der Waals surface area contributed by atoms with E-state index < -0.39 is 10.5 Å². The van der Waals surface area contributed by atoms with Crippen molar-refractivity contribution in [3.63, 3.8) is 0 Å².